The SMILES string of the molecule is Cc1cccc(NC(=S)N[C@H](NC(=O)c2cccc([N+](=O)[O-])c2)C(Cl)(Cl)Cl)c1. The lowest BCUT2D eigenvalue weighted by Crippen LogP contribution is -2.56. The van der Waals surface area contributed by atoms with Gasteiger partial charge in [-0.2, -0.15) is 0 Å². The van der Waals surface area contributed by atoms with Crippen LogP contribution >= 0.6 is 47.0 Å². The molecule has 0 radical (unpaired) electrons. The standard InChI is InChI=1S/C17H15Cl3N4O3S/c1-10-4-2-6-12(8-10)21-16(28)23-15(17(18,19)20)22-14(25)11-5-3-7-13(9-11)24(26)27/h2-9,15H,1H3,(H,22,25)(H2,21,23,28)/t15-/m0/s1. The van der Waals surface area contributed by atoms with Crippen molar-refractivity contribution in [1.82, 2.24) is 10.6 Å². The Morgan fingerprint density at radius 3 is 2.43 bits per heavy atom. The van der Waals surface area contributed by atoms with Gasteiger partial charge in [-0.1, -0.05) is 53.0 Å². The Bertz CT molecular complexity index is 905. The Hall–Kier alpha value is -2.13. The lowest BCUT2D eigenvalue weighted by atomic mass is 10.2. The molecule has 0 aliphatic carbocycles. The van der Waals surface area contributed by atoms with E-state index in [-0.39, 0.29) is 16.4 Å². The second-order valence-electron chi connectivity index (χ2n) is 5.72. The van der Waals surface area contributed by atoms with Crippen molar-refractivity contribution in [3.63, 3.8) is 0 Å². The highest BCUT2D eigenvalue weighted by molar-refractivity contribution is 7.80. The molecule has 0 aliphatic rings. The summed E-state index contributed by atoms with van der Waals surface area (Å²) in [5, 5.41) is 19.1. The van der Waals surface area contributed by atoms with Gasteiger partial charge in [0.25, 0.3) is 11.6 Å². The van der Waals surface area contributed by atoms with Crippen LogP contribution in [0.15, 0.2) is 48.5 Å². The zero-order valence-electron chi connectivity index (χ0n) is 14.4. The van der Waals surface area contributed by atoms with Gasteiger partial charge in [-0.15, -0.1) is 0 Å². The minimum absolute atomic E-state index is 0.0350. The third-order valence-electron chi connectivity index (χ3n) is 3.47. The quantitative estimate of drug-likeness (QED) is 0.202. The molecule has 148 valence electrons. The summed E-state index contributed by atoms with van der Waals surface area (Å²) in [6.45, 7) is 1.92. The first-order valence-corrected chi connectivity index (χ1v) is 9.36. The number of carbonyl (C=O) groups is 1. The van der Waals surface area contributed by atoms with Crippen LogP contribution in [-0.4, -0.2) is 25.9 Å². The summed E-state index contributed by atoms with van der Waals surface area (Å²) in [6, 6.07) is 12.6. The summed E-state index contributed by atoms with van der Waals surface area (Å²) in [4.78, 5) is 22.7. The number of non-ortho nitro benzene ring substituents is 1. The summed E-state index contributed by atoms with van der Waals surface area (Å²) < 4.78 is -1.95. The zero-order valence-corrected chi connectivity index (χ0v) is 17.5. The Kier molecular flexibility index (Phi) is 7.42. The van der Waals surface area contributed by atoms with Crippen LogP contribution in [0.5, 0.6) is 0 Å². The topological polar surface area (TPSA) is 96.3 Å². The number of nitro groups is 1. The third kappa shape index (κ3) is 6.49. The highest BCUT2D eigenvalue weighted by atomic mass is 35.6. The van der Waals surface area contributed by atoms with Crippen LogP contribution in [0.25, 0.3) is 0 Å². The maximum Gasteiger partial charge on any atom is 0.270 e. The predicted molar refractivity (Wildman–Crippen MR) is 115 cm³/mol. The van der Waals surface area contributed by atoms with Crippen LogP contribution in [0.3, 0.4) is 0 Å². The number of anilines is 1. The number of amides is 1. The van der Waals surface area contributed by atoms with Gasteiger partial charge in [-0.3, -0.25) is 14.9 Å². The number of alkyl halides is 3. The molecular weight excluding hydrogens is 447 g/mol. The minimum atomic E-state index is -1.95. The first-order valence-electron chi connectivity index (χ1n) is 7.82. The van der Waals surface area contributed by atoms with E-state index in [1.54, 1.807) is 6.07 Å². The summed E-state index contributed by atoms with van der Waals surface area (Å²) in [7, 11) is 0. The van der Waals surface area contributed by atoms with E-state index in [2.05, 4.69) is 16.0 Å². The van der Waals surface area contributed by atoms with Gasteiger partial charge in [0.2, 0.25) is 3.79 Å². The number of hydrogen-bond acceptors (Lipinski definition) is 4. The Morgan fingerprint density at radius 2 is 1.82 bits per heavy atom. The number of nitrogens with one attached hydrogen (secondary N) is 3. The van der Waals surface area contributed by atoms with E-state index in [9.17, 15) is 14.9 Å². The smallest absolute Gasteiger partial charge is 0.270 e. The van der Waals surface area contributed by atoms with Gasteiger partial charge in [0, 0.05) is 23.4 Å². The van der Waals surface area contributed by atoms with Gasteiger partial charge in [0.1, 0.15) is 6.17 Å². The number of hydrogen-bond donors (Lipinski definition) is 3. The number of thiocarbonyl (C=S) groups is 1. The van der Waals surface area contributed by atoms with E-state index in [0.29, 0.717) is 5.69 Å². The molecule has 3 N–H and O–H groups in total. The summed E-state index contributed by atoms with van der Waals surface area (Å²) >= 11 is 23.0. The number of halogens is 3. The summed E-state index contributed by atoms with van der Waals surface area (Å²) in [6.07, 6.45) is -1.20. The maximum absolute atomic E-state index is 12.4. The van der Waals surface area contributed by atoms with E-state index in [1.807, 2.05) is 25.1 Å². The first-order chi connectivity index (χ1) is 13.1. The molecule has 1 atom stereocenters. The lowest BCUT2D eigenvalue weighted by Gasteiger charge is -2.27. The molecule has 0 aliphatic heterocycles. The molecule has 0 saturated carbocycles. The second-order valence-corrected chi connectivity index (χ2v) is 8.50. The molecule has 7 nitrogen and oxygen atoms in total. The van der Waals surface area contributed by atoms with E-state index >= 15 is 0 Å². The zero-order chi connectivity index (χ0) is 20.9. The fraction of sp³-hybridized carbons (Fsp3) is 0.176. The van der Waals surface area contributed by atoms with Crippen molar-refractivity contribution in [3.05, 3.63) is 69.8 Å². The highest BCUT2D eigenvalue weighted by Crippen LogP contribution is 2.29. The normalized spacial score (nSPS) is 12.0. The Labute approximate surface area is 181 Å². The molecular formula is C17H15Cl3N4O3S. The fourth-order valence-corrected chi connectivity index (χ4v) is 2.76. The van der Waals surface area contributed by atoms with Gasteiger partial charge in [0.05, 0.1) is 4.92 Å². The van der Waals surface area contributed by atoms with Gasteiger partial charge in [-0.25, -0.2) is 0 Å². The molecule has 0 fully saturated rings. The maximum atomic E-state index is 12.4. The summed E-state index contributed by atoms with van der Waals surface area (Å²) in [5.74, 6) is -0.675. The molecule has 0 heterocycles. The summed E-state index contributed by atoms with van der Waals surface area (Å²) in [5.41, 5.74) is 1.53. The molecule has 28 heavy (non-hydrogen) atoms. The molecule has 0 aromatic heterocycles. The lowest BCUT2D eigenvalue weighted by molar-refractivity contribution is -0.384. The van der Waals surface area contributed by atoms with Crippen LogP contribution in [0, 0.1) is 17.0 Å². The van der Waals surface area contributed by atoms with Gasteiger partial charge in [0.15, 0.2) is 5.11 Å². The number of nitro benzene ring substituents is 1. The van der Waals surface area contributed by atoms with Crippen molar-refractivity contribution >= 4 is 69.4 Å². The fourth-order valence-electron chi connectivity index (χ4n) is 2.20. The minimum Gasteiger partial charge on any atom is -0.339 e. The Morgan fingerprint density at radius 1 is 1.14 bits per heavy atom. The highest BCUT2D eigenvalue weighted by Gasteiger charge is 2.35. The third-order valence-corrected chi connectivity index (χ3v) is 4.35. The van der Waals surface area contributed by atoms with Crippen molar-refractivity contribution in [2.45, 2.75) is 16.9 Å². The Balaban J connectivity index is 2.11. The first kappa shape index (κ1) is 22.2. The van der Waals surface area contributed by atoms with Crippen LogP contribution in [0.2, 0.25) is 0 Å². The number of nitrogens with zero attached hydrogens (tertiary/aromatic N) is 1. The van der Waals surface area contributed by atoms with E-state index in [1.165, 1.54) is 18.2 Å². The average Bonchev–Trinajstić information content (AvgIpc) is 2.60. The molecule has 0 bridgehead atoms. The molecule has 11 heteroatoms. The molecule has 2 rings (SSSR count). The van der Waals surface area contributed by atoms with Crippen LogP contribution in [-0.2, 0) is 0 Å². The number of carbonyl (C=O) groups excluding carboxylic acids is 1. The van der Waals surface area contributed by atoms with Crippen LogP contribution in [0.1, 0.15) is 15.9 Å². The van der Waals surface area contributed by atoms with Crippen molar-refractivity contribution in [1.29, 1.82) is 0 Å². The number of benzene rings is 2. The number of rotatable bonds is 5. The van der Waals surface area contributed by atoms with Crippen LogP contribution < -0.4 is 16.0 Å². The van der Waals surface area contributed by atoms with Gasteiger partial charge in [-0.05, 0) is 42.9 Å². The van der Waals surface area contributed by atoms with E-state index in [4.69, 9.17) is 47.0 Å². The van der Waals surface area contributed by atoms with Crippen molar-refractivity contribution in [2.24, 2.45) is 0 Å². The molecule has 0 saturated heterocycles. The number of aryl methyl sites for hydroxylation is 1. The van der Waals surface area contributed by atoms with Gasteiger partial charge >= 0.3 is 0 Å². The largest absolute Gasteiger partial charge is 0.339 e. The molecule has 0 unspecified atom stereocenters. The molecule has 2 aromatic carbocycles. The average molecular weight is 462 g/mol. The molecule has 1 amide bonds. The van der Waals surface area contributed by atoms with Crippen molar-refractivity contribution in [3.8, 4) is 0 Å². The van der Waals surface area contributed by atoms with E-state index < -0.39 is 20.8 Å². The molecule has 2 aromatic rings. The van der Waals surface area contributed by atoms with Gasteiger partial charge < -0.3 is 16.0 Å². The second kappa shape index (κ2) is 9.38. The van der Waals surface area contributed by atoms with Crippen molar-refractivity contribution in [2.75, 3.05) is 5.32 Å². The molecule has 0 spiro atoms. The van der Waals surface area contributed by atoms with Crippen LogP contribution in [0.4, 0.5) is 11.4 Å². The predicted octanol–water partition coefficient (Wildman–Crippen LogP) is 4.32. The monoisotopic (exact) mass is 460 g/mol. The van der Waals surface area contributed by atoms with Crippen molar-refractivity contribution < 1.29 is 9.72 Å². The van der Waals surface area contributed by atoms with E-state index in [0.717, 1.165) is 11.6 Å².